The molecule has 0 spiro atoms. The first-order chi connectivity index (χ1) is 15.9. The second-order valence-electron chi connectivity index (χ2n) is 8.32. The minimum absolute atomic E-state index is 0.0746. The number of amides is 2. The van der Waals surface area contributed by atoms with Gasteiger partial charge in [0.05, 0.1) is 13.2 Å². The quantitative estimate of drug-likeness (QED) is 0.602. The predicted octanol–water partition coefficient (Wildman–Crippen LogP) is 4.86. The zero-order valence-electron chi connectivity index (χ0n) is 18.6. The van der Waals surface area contributed by atoms with E-state index in [2.05, 4.69) is 5.32 Å². The fourth-order valence-electron chi connectivity index (χ4n) is 4.41. The lowest BCUT2D eigenvalue weighted by Crippen LogP contribution is -2.43. The molecule has 3 aromatic carbocycles. The Hall–Kier alpha value is -3.48. The first-order valence-electron chi connectivity index (χ1n) is 11.0. The lowest BCUT2D eigenvalue weighted by Gasteiger charge is -2.32. The van der Waals surface area contributed by atoms with Crippen molar-refractivity contribution in [3.8, 4) is 5.75 Å². The van der Waals surface area contributed by atoms with Gasteiger partial charge in [-0.2, -0.15) is 0 Å². The second-order valence-corrected chi connectivity index (χ2v) is 8.32. The molecule has 1 heterocycles. The summed E-state index contributed by atoms with van der Waals surface area (Å²) >= 11 is 0. The highest BCUT2D eigenvalue weighted by Gasteiger charge is 2.29. The highest BCUT2D eigenvalue weighted by atomic mass is 19.1. The Kier molecular flexibility index (Phi) is 6.58. The molecule has 0 saturated carbocycles. The molecule has 1 aliphatic heterocycles. The average molecular weight is 453 g/mol. The molecule has 2 amide bonds. The van der Waals surface area contributed by atoms with Crippen molar-refractivity contribution in [3.05, 3.63) is 77.4 Å². The van der Waals surface area contributed by atoms with Crippen molar-refractivity contribution in [2.75, 3.05) is 20.2 Å². The number of nitrogens with zero attached hydrogens (tertiary/aromatic N) is 1. The van der Waals surface area contributed by atoms with E-state index in [1.165, 1.54) is 12.1 Å². The van der Waals surface area contributed by atoms with Gasteiger partial charge in [-0.05, 0) is 43.4 Å². The molecule has 0 unspecified atom stereocenters. The number of carbonyl (C=O) groups excluding carboxylic acids is 2. The summed E-state index contributed by atoms with van der Waals surface area (Å²) in [6.07, 6.45) is 1.04. The van der Waals surface area contributed by atoms with Gasteiger partial charge in [0.25, 0.3) is 5.91 Å². The lowest BCUT2D eigenvalue weighted by atomic mass is 9.94. The second kappa shape index (κ2) is 9.57. The Bertz CT molecular complexity index is 1190. The van der Waals surface area contributed by atoms with Gasteiger partial charge in [0, 0.05) is 41.6 Å². The van der Waals surface area contributed by atoms with Gasteiger partial charge < -0.3 is 15.0 Å². The van der Waals surface area contributed by atoms with Gasteiger partial charge in [-0.15, -0.1) is 0 Å². The van der Waals surface area contributed by atoms with Crippen LogP contribution in [0.15, 0.2) is 54.6 Å². The Morgan fingerprint density at radius 1 is 1.03 bits per heavy atom. The summed E-state index contributed by atoms with van der Waals surface area (Å²) in [4.78, 5) is 27.7. The molecule has 33 heavy (non-hydrogen) atoms. The fourth-order valence-corrected chi connectivity index (χ4v) is 4.41. The number of hydrogen-bond acceptors (Lipinski definition) is 3. The Morgan fingerprint density at radius 2 is 1.73 bits per heavy atom. The molecule has 4 rings (SSSR count). The van der Waals surface area contributed by atoms with E-state index in [1.807, 2.05) is 24.3 Å². The number of hydrogen-bond donors (Lipinski definition) is 1. The summed E-state index contributed by atoms with van der Waals surface area (Å²) in [7, 11) is 1.60. The molecular weight excluding hydrogens is 426 g/mol. The molecule has 0 radical (unpaired) electrons. The van der Waals surface area contributed by atoms with Crippen LogP contribution in [0.5, 0.6) is 5.75 Å². The van der Waals surface area contributed by atoms with E-state index >= 15 is 0 Å². The minimum Gasteiger partial charge on any atom is -0.496 e. The lowest BCUT2D eigenvalue weighted by molar-refractivity contribution is -0.127. The number of nitrogens with one attached hydrogen (secondary N) is 1. The van der Waals surface area contributed by atoms with Crippen LogP contribution in [-0.2, 0) is 4.79 Å². The van der Waals surface area contributed by atoms with Gasteiger partial charge in [-0.25, -0.2) is 8.78 Å². The first kappa shape index (κ1) is 22.7. The molecule has 7 heteroatoms. The summed E-state index contributed by atoms with van der Waals surface area (Å²) in [6.45, 7) is 2.58. The van der Waals surface area contributed by atoms with E-state index < -0.39 is 17.7 Å². The maximum absolute atomic E-state index is 14.0. The molecule has 5 nitrogen and oxygen atoms in total. The molecule has 1 N–H and O–H groups in total. The molecule has 0 aliphatic carbocycles. The van der Waals surface area contributed by atoms with Crippen LogP contribution in [0, 0.1) is 17.6 Å². The van der Waals surface area contributed by atoms with Crippen molar-refractivity contribution in [2.24, 2.45) is 5.92 Å². The highest BCUT2D eigenvalue weighted by molar-refractivity contribution is 6.08. The largest absolute Gasteiger partial charge is 0.496 e. The van der Waals surface area contributed by atoms with Gasteiger partial charge in [0.1, 0.15) is 17.4 Å². The van der Waals surface area contributed by atoms with Crippen molar-refractivity contribution in [3.63, 3.8) is 0 Å². The maximum atomic E-state index is 14.0. The van der Waals surface area contributed by atoms with Crippen molar-refractivity contribution in [1.29, 1.82) is 0 Å². The Morgan fingerprint density at radius 3 is 2.39 bits per heavy atom. The Labute approximate surface area is 191 Å². The molecule has 3 aromatic rings. The van der Waals surface area contributed by atoms with Crippen LogP contribution in [0.3, 0.4) is 0 Å². The summed E-state index contributed by atoms with van der Waals surface area (Å²) in [5.74, 6) is -1.16. The standard InChI is InChI=1S/C26H26F2N2O3/c1-16(19-8-7-18(27)15-23(19)28)29-25(31)17-11-13-30(14-12-17)26(32)22-9-10-24(33-2)21-6-4-3-5-20(21)22/h3-10,15-17H,11-14H2,1-2H3,(H,29,31)/t16-/m0/s1. The van der Waals surface area contributed by atoms with E-state index in [0.717, 1.165) is 16.8 Å². The topological polar surface area (TPSA) is 58.6 Å². The number of benzene rings is 3. The van der Waals surface area contributed by atoms with E-state index in [0.29, 0.717) is 37.2 Å². The van der Waals surface area contributed by atoms with Crippen LogP contribution in [0.2, 0.25) is 0 Å². The van der Waals surface area contributed by atoms with Gasteiger partial charge in [0.15, 0.2) is 0 Å². The molecule has 1 fully saturated rings. The van der Waals surface area contributed by atoms with Gasteiger partial charge in [-0.1, -0.05) is 30.3 Å². The summed E-state index contributed by atoms with van der Waals surface area (Å²) in [6, 6.07) is 13.9. The van der Waals surface area contributed by atoms with Gasteiger partial charge in [0.2, 0.25) is 5.91 Å². The molecule has 1 atom stereocenters. The number of rotatable bonds is 5. The highest BCUT2D eigenvalue weighted by Crippen LogP contribution is 2.30. The summed E-state index contributed by atoms with van der Waals surface area (Å²) in [5.41, 5.74) is 0.846. The third-order valence-corrected chi connectivity index (χ3v) is 6.28. The monoisotopic (exact) mass is 452 g/mol. The van der Waals surface area contributed by atoms with E-state index in [4.69, 9.17) is 4.74 Å². The molecule has 1 aliphatic rings. The number of halogens is 2. The van der Waals surface area contributed by atoms with Crippen LogP contribution in [0.1, 0.15) is 41.7 Å². The van der Waals surface area contributed by atoms with Crippen LogP contribution in [0.25, 0.3) is 10.8 Å². The number of carbonyl (C=O) groups is 2. The van der Waals surface area contributed by atoms with Crippen molar-refractivity contribution < 1.29 is 23.1 Å². The van der Waals surface area contributed by atoms with Gasteiger partial charge in [-0.3, -0.25) is 9.59 Å². The number of fused-ring (bicyclic) bond motifs is 1. The number of methoxy groups -OCH3 is 1. The summed E-state index contributed by atoms with van der Waals surface area (Å²) in [5, 5.41) is 4.53. The Balaban J connectivity index is 1.40. The molecule has 0 bridgehead atoms. The SMILES string of the molecule is COc1ccc(C(=O)N2CCC(C(=O)N[C@@H](C)c3ccc(F)cc3F)CC2)c2ccccc12. The maximum Gasteiger partial charge on any atom is 0.254 e. The van der Waals surface area contributed by atoms with Crippen molar-refractivity contribution in [2.45, 2.75) is 25.8 Å². The van der Waals surface area contributed by atoms with E-state index in [-0.39, 0.29) is 23.3 Å². The molecular formula is C26H26F2N2O3. The normalized spacial score (nSPS) is 15.3. The van der Waals surface area contributed by atoms with E-state index in [9.17, 15) is 18.4 Å². The smallest absolute Gasteiger partial charge is 0.254 e. The number of piperidine rings is 1. The van der Waals surface area contributed by atoms with Crippen LogP contribution < -0.4 is 10.1 Å². The predicted molar refractivity (Wildman–Crippen MR) is 122 cm³/mol. The molecule has 0 aromatic heterocycles. The molecule has 1 saturated heterocycles. The van der Waals surface area contributed by atoms with E-state index in [1.54, 1.807) is 31.1 Å². The van der Waals surface area contributed by atoms with Crippen molar-refractivity contribution in [1.82, 2.24) is 10.2 Å². The third-order valence-electron chi connectivity index (χ3n) is 6.28. The minimum atomic E-state index is -0.685. The van der Waals surface area contributed by atoms with Crippen molar-refractivity contribution >= 4 is 22.6 Å². The van der Waals surface area contributed by atoms with Crippen LogP contribution in [0.4, 0.5) is 8.78 Å². The zero-order valence-corrected chi connectivity index (χ0v) is 18.6. The number of ether oxygens (including phenoxy) is 1. The fraction of sp³-hybridized carbons (Fsp3) is 0.308. The van der Waals surface area contributed by atoms with Gasteiger partial charge >= 0.3 is 0 Å². The third kappa shape index (κ3) is 4.67. The first-order valence-corrected chi connectivity index (χ1v) is 11.0. The zero-order chi connectivity index (χ0) is 23.5. The number of likely N-dealkylation sites (tertiary alicyclic amines) is 1. The van der Waals surface area contributed by atoms with Crippen LogP contribution >= 0.6 is 0 Å². The van der Waals surface area contributed by atoms with Crippen LogP contribution in [-0.4, -0.2) is 36.9 Å². The average Bonchev–Trinajstić information content (AvgIpc) is 2.82. The molecule has 172 valence electrons. The summed E-state index contributed by atoms with van der Waals surface area (Å²) < 4.78 is 32.6.